The van der Waals surface area contributed by atoms with Crippen LogP contribution in [0.3, 0.4) is 0 Å². The van der Waals surface area contributed by atoms with Crippen LogP contribution in [0.2, 0.25) is 0 Å². The highest BCUT2D eigenvalue weighted by Crippen LogP contribution is 2.34. The Labute approximate surface area is 175 Å². The van der Waals surface area contributed by atoms with Crippen LogP contribution in [0.15, 0.2) is 48.5 Å². The third-order valence-corrected chi connectivity index (χ3v) is 6.12. The summed E-state index contributed by atoms with van der Waals surface area (Å²) in [5, 5.41) is 4.03. The van der Waals surface area contributed by atoms with Crippen molar-refractivity contribution >= 4 is 32.7 Å². The molecule has 1 aliphatic rings. The second-order valence-electron chi connectivity index (χ2n) is 6.97. The average molecular weight is 411 g/mol. The maximum atomic E-state index is 12.5. The molecule has 6 nitrogen and oxygen atoms in total. The molecule has 2 aromatic carbocycles. The lowest BCUT2D eigenvalue weighted by molar-refractivity contribution is 0.194. The number of ether oxygens (including phenoxy) is 1. The molecule has 4 rings (SSSR count). The average Bonchev–Trinajstić information content (AvgIpc) is 3.20. The van der Waals surface area contributed by atoms with Crippen LogP contribution in [0, 0.1) is 0 Å². The molecular weight excluding hydrogens is 384 g/mol. The molecule has 2 amide bonds. The van der Waals surface area contributed by atoms with Crippen LogP contribution in [0.1, 0.15) is 12.5 Å². The minimum absolute atomic E-state index is 0.0171. The number of nitrogens with zero attached hydrogens (tertiary/aromatic N) is 3. The number of thiazole rings is 1. The first-order valence-electron chi connectivity index (χ1n) is 10.1. The minimum Gasteiger partial charge on any atom is -0.492 e. The molecule has 0 radical (unpaired) electrons. The van der Waals surface area contributed by atoms with Crippen molar-refractivity contribution in [2.75, 3.05) is 44.2 Å². The molecule has 1 saturated heterocycles. The molecule has 1 aliphatic heterocycles. The number of para-hydroxylation sites is 1. The van der Waals surface area contributed by atoms with Gasteiger partial charge in [-0.15, -0.1) is 0 Å². The van der Waals surface area contributed by atoms with Crippen LogP contribution in [-0.4, -0.2) is 55.2 Å². The molecule has 1 fully saturated rings. The van der Waals surface area contributed by atoms with Crippen molar-refractivity contribution in [1.29, 1.82) is 0 Å². The lowest BCUT2D eigenvalue weighted by Gasteiger charge is -2.34. The maximum absolute atomic E-state index is 12.5. The quantitative estimate of drug-likeness (QED) is 0.672. The van der Waals surface area contributed by atoms with E-state index in [9.17, 15) is 4.79 Å². The summed E-state index contributed by atoms with van der Waals surface area (Å²) in [7, 11) is 0. The van der Waals surface area contributed by atoms with Crippen LogP contribution in [0.4, 0.5) is 9.93 Å². The zero-order chi connectivity index (χ0) is 20.1. The number of carbonyl (C=O) groups excluding carboxylic acids is 1. The lowest BCUT2D eigenvalue weighted by atomic mass is 10.1. The number of piperazine rings is 1. The van der Waals surface area contributed by atoms with Crippen molar-refractivity contribution in [3.8, 4) is 5.75 Å². The summed E-state index contributed by atoms with van der Waals surface area (Å²) in [6.07, 6.45) is 0.848. The topological polar surface area (TPSA) is 57.7 Å². The Balaban J connectivity index is 1.30. The third kappa shape index (κ3) is 4.62. The number of nitrogens with one attached hydrogen (secondary N) is 1. The Kier molecular flexibility index (Phi) is 6.14. The minimum atomic E-state index is 0.0171. The zero-order valence-electron chi connectivity index (χ0n) is 16.6. The number of carbonyl (C=O) groups is 1. The van der Waals surface area contributed by atoms with E-state index in [1.165, 1.54) is 5.56 Å². The normalized spacial score (nSPS) is 14.2. The van der Waals surface area contributed by atoms with Crippen molar-refractivity contribution in [3.63, 3.8) is 0 Å². The fourth-order valence-corrected chi connectivity index (χ4v) is 4.52. The summed E-state index contributed by atoms with van der Waals surface area (Å²) in [5.41, 5.74) is 2.16. The maximum Gasteiger partial charge on any atom is 0.317 e. The van der Waals surface area contributed by atoms with Gasteiger partial charge in [-0.25, -0.2) is 9.78 Å². The molecular formula is C22H26N4O2S. The molecule has 1 N–H and O–H groups in total. The number of hydrogen-bond donors (Lipinski definition) is 1. The molecule has 2 heterocycles. The van der Waals surface area contributed by atoms with E-state index in [4.69, 9.17) is 9.72 Å². The van der Waals surface area contributed by atoms with Gasteiger partial charge in [0, 0.05) is 32.7 Å². The number of urea groups is 1. The predicted molar refractivity (Wildman–Crippen MR) is 118 cm³/mol. The zero-order valence-corrected chi connectivity index (χ0v) is 17.5. The fraction of sp³-hybridized carbons (Fsp3) is 0.364. The number of rotatable bonds is 6. The van der Waals surface area contributed by atoms with Crippen LogP contribution in [0.5, 0.6) is 5.75 Å². The Morgan fingerprint density at radius 2 is 1.90 bits per heavy atom. The molecule has 1 aromatic heterocycles. The second kappa shape index (κ2) is 9.13. The smallest absolute Gasteiger partial charge is 0.317 e. The molecule has 0 saturated carbocycles. The van der Waals surface area contributed by atoms with Gasteiger partial charge in [-0.2, -0.15) is 0 Å². The van der Waals surface area contributed by atoms with Crippen molar-refractivity contribution in [2.24, 2.45) is 0 Å². The van der Waals surface area contributed by atoms with Crippen molar-refractivity contribution in [3.05, 3.63) is 54.1 Å². The summed E-state index contributed by atoms with van der Waals surface area (Å²) < 4.78 is 6.83. The number of benzene rings is 2. The van der Waals surface area contributed by atoms with Crippen LogP contribution < -0.4 is 15.0 Å². The fourth-order valence-electron chi connectivity index (χ4n) is 3.49. The van der Waals surface area contributed by atoms with Gasteiger partial charge < -0.3 is 19.9 Å². The van der Waals surface area contributed by atoms with E-state index in [-0.39, 0.29) is 6.03 Å². The van der Waals surface area contributed by atoms with Gasteiger partial charge >= 0.3 is 6.03 Å². The van der Waals surface area contributed by atoms with Gasteiger partial charge in [0.2, 0.25) is 0 Å². The summed E-state index contributed by atoms with van der Waals surface area (Å²) >= 11 is 1.68. The van der Waals surface area contributed by atoms with E-state index >= 15 is 0 Å². The first-order valence-corrected chi connectivity index (χ1v) is 10.9. The number of aromatic nitrogens is 1. The highest BCUT2D eigenvalue weighted by molar-refractivity contribution is 7.22. The van der Waals surface area contributed by atoms with Gasteiger partial charge in [0.25, 0.3) is 0 Å². The van der Waals surface area contributed by atoms with E-state index < -0.39 is 0 Å². The highest BCUT2D eigenvalue weighted by atomic mass is 32.1. The van der Waals surface area contributed by atoms with E-state index in [1.807, 2.05) is 42.2 Å². The molecule has 29 heavy (non-hydrogen) atoms. The van der Waals surface area contributed by atoms with Gasteiger partial charge in [0.1, 0.15) is 11.3 Å². The first-order chi connectivity index (χ1) is 14.2. The predicted octanol–water partition coefficient (Wildman–Crippen LogP) is 3.77. The summed E-state index contributed by atoms with van der Waals surface area (Å²) in [6, 6.07) is 16.3. The highest BCUT2D eigenvalue weighted by Gasteiger charge is 2.23. The number of amides is 2. The molecule has 7 heteroatoms. The number of anilines is 1. The third-order valence-electron chi connectivity index (χ3n) is 5.04. The standard InChI is InChI=1S/C22H26N4O2S/c1-2-28-18-9-6-10-19-20(18)24-22(29-19)26-15-13-25(14-16-26)21(27)23-12-11-17-7-4-3-5-8-17/h3-10H,2,11-16H2,1H3,(H,23,27). The monoisotopic (exact) mass is 410 g/mol. The Morgan fingerprint density at radius 3 is 2.66 bits per heavy atom. The molecule has 0 atom stereocenters. The lowest BCUT2D eigenvalue weighted by Crippen LogP contribution is -2.52. The van der Waals surface area contributed by atoms with E-state index in [2.05, 4.69) is 28.4 Å². The van der Waals surface area contributed by atoms with E-state index in [1.54, 1.807) is 11.3 Å². The van der Waals surface area contributed by atoms with Gasteiger partial charge in [-0.3, -0.25) is 0 Å². The molecule has 152 valence electrons. The van der Waals surface area contributed by atoms with Crippen molar-refractivity contribution < 1.29 is 9.53 Å². The Hall–Kier alpha value is -2.80. The van der Waals surface area contributed by atoms with Crippen LogP contribution >= 0.6 is 11.3 Å². The Morgan fingerprint density at radius 1 is 1.10 bits per heavy atom. The molecule has 0 aliphatic carbocycles. The summed E-state index contributed by atoms with van der Waals surface area (Å²) in [4.78, 5) is 21.4. The van der Waals surface area contributed by atoms with Crippen LogP contribution in [0.25, 0.3) is 10.2 Å². The first kappa shape index (κ1) is 19.5. The molecule has 3 aromatic rings. The van der Waals surface area contributed by atoms with Gasteiger partial charge in [0.15, 0.2) is 5.13 Å². The van der Waals surface area contributed by atoms with Gasteiger partial charge in [-0.1, -0.05) is 47.7 Å². The van der Waals surface area contributed by atoms with Gasteiger partial charge in [0.05, 0.1) is 11.3 Å². The molecule has 0 spiro atoms. The summed E-state index contributed by atoms with van der Waals surface area (Å²) in [5.74, 6) is 0.837. The van der Waals surface area contributed by atoms with E-state index in [0.29, 0.717) is 26.2 Å². The van der Waals surface area contributed by atoms with Gasteiger partial charge in [-0.05, 0) is 31.0 Å². The van der Waals surface area contributed by atoms with E-state index in [0.717, 1.165) is 40.6 Å². The number of hydrogen-bond acceptors (Lipinski definition) is 5. The largest absolute Gasteiger partial charge is 0.492 e. The second-order valence-corrected chi connectivity index (χ2v) is 7.98. The summed E-state index contributed by atoms with van der Waals surface area (Å²) in [6.45, 7) is 6.24. The molecule has 0 unspecified atom stereocenters. The van der Waals surface area contributed by atoms with Crippen molar-refractivity contribution in [2.45, 2.75) is 13.3 Å². The SMILES string of the molecule is CCOc1cccc2sc(N3CCN(C(=O)NCCc4ccccc4)CC3)nc12. The Bertz CT molecular complexity index is 952. The molecule has 0 bridgehead atoms. The number of fused-ring (bicyclic) bond motifs is 1. The van der Waals surface area contributed by atoms with Crippen molar-refractivity contribution in [1.82, 2.24) is 15.2 Å². The van der Waals surface area contributed by atoms with Crippen LogP contribution in [-0.2, 0) is 6.42 Å².